The van der Waals surface area contributed by atoms with E-state index in [1.54, 1.807) is 32.1 Å². The number of anilines is 3. The molecule has 226 valence electrons. The topological polar surface area (TPSA) is 118 Å². The van der Waals surface area contributed by atoms with E-state index in [1.807, 2.05) is 0 Å². The minimum absolute atomic E-state index is 0. The summed E-state index contributed by atoms with van der Waals surface area (Å²) in [5.41, 5.74) is -0.178. The third kappa shape index (κ3) is 9.21. The van der Waals surface area contributed by atoms with Gasteiger partial charge in [-0.15, -0.1) is 12.4 Å². The van der Waals surface area contributed by atoms with Crippen molar-refractivity contribution >= 4 is 53.3 Å². The Balaban J connectivity index is 0.00000484. The van der Waals surface area contributed by atoms with Gasteiger partial charge in [-0.2, -0.15) is 13.2 Å². The molecule has 0 unspecified atom stereocenters. The molecule has 0 atom stereocenters. The molecule has 1 aliphatic rings. The van der Waals surface area contributed by atoms with Gasteiger partial charge in [0.05, 0.1) is 35.0 Å². The van der Waals surface area contributed by atoms with Crippen molar-refractivity contribution in [1.29, 1.82) is 0 Å². The molecule has 42 heavy (non-hydrogen) atoms. The van der Waals surface area contributed by atoms with Crippen LogP contribution in [-0.2, 0) is 15.7 Å². The second kappa shape index (κ2) is 14.1. The Morgan fingerprint density at radius 1 is 1.17 bits per heavy atom. The second-order valence-corrected chi connectivity index (χ2v) is 10.3. The molecule has 4 rings (SSSR count). The number of benzene rings is 2. The molecule has 0 saturated carbocycles. The van der Waals surface area contributed by atoms with Crippen molar-refractivity contribution < 1.29 is 32.5 Å². The predicted octanol–water partition coefficient (Wildman–Crippen LogP) is 6.21. The van der Waals surface area contributed by atoms with Crippen LogP contribution in [0.2, 0.25) is 5.02 Å². The first-order valence-electron chi connectivity index (χ1n) is 12.7. The number of amides is 1. The average molecular weight is 628 g/mol. The van der Waals surface area contributed by atoms with Crippen LogP contribution in [0.25, 0.3) is 6.08 Å². The Morgan fingerprint density at radius 3 is 2.67 bits per heavy atom. The summed E-state index contributed by atoms with van der Waals surface area (Å²) in [6.07, 6.45) is -0.973. The van der Waals surface area contributed by atoms with E-state index in [2.05, 4.69) is 25.9 Å². The van der Waals surface area contributed by atoms with E-state index in [9.17, 15) is 23.1 Å². The summed E-state index contributed by atoms with van der Waals surface area (Å²) in [7, 11) is 0. The first kappa shape index (κ1) is 32.9. The van der Waals surface area contributed by atoms with Crippen molar-refractivity contribution in [2.24, 2.45) is 0 Å². The summed E-state index contributed by atoms with van der Waals surface area (Å²) in [5.74, 6) is 0.847. The van der Waals surface area contributed by atoms with Crippen LogP contribution in [0.1, 0.15) is 31.4 Å². The molecule has 1 amide bonds. The second-order valence-electron chi connectivity index (χ2n) is 9.85. The fraction of sp³-hybridized carbons (Fsp3) is 0.321. The summed E-state index contributed by atoms with van der Waals surface area (Å²) in [5, 5.41) is 19.0. The molecule has 14 heteroatoms. The van der Waals surface area contributed by atoms with E-state index < -0.39 is 17.3 Å². The Labute approximate surface area is 251 Å². The van der Waals surface area contributed by atoms with Crippen LogP contribution in [-0.4, -0.2) is 52.9 Å². The first-order chi connectivity index (χ1) is 19.4. The van der Waals surface area contributed by atoms with Crippen LogP contribution in [0.4, 0.5) is 30.5 Å². The molecule has 1 aliphatic heterocycles. The number of fused-ring (bicyclic) bond motifs is 1. The average Bonchev–Trinajstić information content (AvgIpc) is 3.13. The Morgan fingerprint density at radius 2 is 1.95 bits per heavy atom. The SMILES string of the molecule is CC(C)(O)COCCNC(=O)C1=Cc2c(ncnc2Nc2ccc(Oc3cccc(C(F)(F)F)c3)c(Cl)c2)NCC1.Cl. The molecule has 0 spiro atoms. The fourth-order valence-corrected chi connectivity index (χ4v) is 4.07. The van der Waals surface area contributed by atoms with Gasteiger partial charge in [0.2, 0.25) is 5.91 Å². The fourth-order valence-electron chi connectivity index (χ4n) is 3.85. The third-order valence-electron chi connectivity index (χ3n) is 5.75. The summed E-state index contributed by atoms with van der Waals surface area (Å²) < 4.78 is 50.1. The van der Waals surface area contributed by atoms with Crippen LogP contribution in [0, 0.1) is 0 Å². The molecule has 2 aromatic carbocycles. The minimum atomic E-state index is -4.50. The van der Waals surface area contributed by atoms with Crippen LogP contribution in [0.15, 0.2) is 54.4 Å². The van der Waals surface area contributed by atoms with Gasteiger partial charge in [0.15, 0.2) is 0 Å². The van der Waals surface area contributed by atoms with E-state index >= 15 is 0 Å². The monoisotopic (exact) mass is 627 g/mol. The van der Waals surface area contributed by atoms with Crippen molar-refractivity contribution in [2.75, 3.05) is 36.9 Å². The number of hydrogen-bond donors (Lipinski definition) is 4. The lowest BCUT2D eigenvalue weighted by atomic mass is 10.1. The normalized spacial score (nSPS) is 13.1. The lowest BCUT2D eigenvalue weighted by molar-refractivity contribution is -0.137. The molecular weight excluding hydrogens is 598 g/mol. The molecule has 0 radical (unpaired) electrons. The number of halogens is 5. The van der Waals surface area contributed by atoms with Crippen LogP contribution >= 0.6 is 24.0 Å². The largest absolute Gasteiger partial charge is 0.456 e. The van der Waals surface area contributed by atoms with Crippen molar-refractivity contribution in [1.82, 2.24) is 15.3 Å². The maximum Gasteiger partial charge on any atom is 0.416 e. The zero-order valence-corrected chi connectivity index (χ0v) is 24.3. The van der Waals surface area contributed by atoms with Gasteiger partial charge in [0.25, 0.3) is 0 Å². The first-order valence-corrected chi connectivity index (χ1v) is 13.1. The minimum Gasteiger partial charge on any atom is -0.456 e. The molecule has 0 fully saturated rings. The quantitative estimate of drug-likeness (QED) is 0.196. The Kier molecular flexibility index (Phi) is 11.0. The van der Waals surface area contributed by atoms with Crippen LogP contribution < -0.4 is 20.7 Å². The van der Waals surface area contributed by atoms with Gasteiger partial charge in [-0.05, 0) is 62.7 Å². The molecule has 0 saturated heterocycles. The number of aromatic nitrogens is 2. The number of nitrogens with one attached hydrogen (secondary N) is 3. The van der Waals surface area contributed by atoms with Gasteiger partial charge in [0.1, 0.15) is 29.5 Å². The number of aliphatic hydroxyl groups is 1. The standard InChI is InChI=1S/C28H29ClF3N5O4.ClH/c1-27(2,39)15-40-11-10-34-26(38)17-8-9-33-24-21(12-17)25(36-16-35-24)37-19-6-7-23(22(29)14-19)41-20-5-3-4-18(13-20)28(30,31)32;/h3-7,12-14,16,39H,8-11,15H2,1-2H3,(H,34,38)(H2,33,35,36,37);1H. The summed E-state index contributed by atoms with van der Waals surface area (Å²) >= 11 is 6.38. The zero-order valence-electron chi connectivity index (χ0n) is 22.7. The van der Waals surface area contributed by atoms with Crippen LogP contribution in [0.5, 0.6) is 11.5 Å². The van der Waals surface area contributed by atoms with Crippen molar-refractivity contribution in [2.45, 2.75) is 32.0 Å². The van der Waals surface area contributed by atoms with Gasteiger partial charge < -0.3 is 30.5 Å². The predicted molar refractivity (Wildman–Crippen MR) is 157 cm³/mol. The number of nitrogens with zero attached hydrogens (tertiary/aromatic N) is 2. The Bertz CT molecular complexity index is 1430. The third-order valence-corrected chi connectivity index (χ3v) is 6.05. The van der Waals surface area contributed by atoms with Gasteiger partial charge >= 0.3 is 6.18 Å². The summed E-state index contributed by atoms with van der Waals surface area (Å²) in [4.78, 5) is 21.4. The van der Waals surface area contributed by atoms with E-state index in [0.717, 1.165) is 12.1 Å². The van der Waals surface area contributed by atoms with Gasteiger partial charge in [-0.25, -0.2) is 9.97 Å². The highest BCUT2D eigenvalue weighted by atomic mass is 35.5. The van der Waals surface area contributed by atoms with Crippen molar-refractivity contribution in [3.8, 4) is 11.5 Å². The highest BCUT2D eigenvalue weighted by Crippen LogP contribution is 2.36. The maximum atomic E-state index is 13.0. The van der Waals surface area contributed by atoms with Gasteiger partial charge in [-0.1, -0.05) is 17.7 Å². The Hall–Kier alpha value is -3.58. The van der Waals surface area contributed by atoms with E-state index in [4.69, 9.17) is 21.1 Å². The highest BCUT2D eigenvalue weighted by molar-refractivity contribution is 6.32. The molecule has 0 aliphatic carbocycles. The van der Waals surface area contributed by atoms with E-state index in [1.165, 1.54) is 24.5 Å². The number of ether oxygens (including phenoxy) is 2. The molecule has 0 bridgehead atoms. The molecule has 1 aromatic heterocycles. The van der Waals surface area contributed by atoms with Crippen molar-refractivity contribution in [3.63, 3.8) is 0 Å². The lowest BCUT2D eigenvalue weighted by Crippen LogP contribution is -2.31. The number of carbonyl (C=O) groups is 1. The zero-order chi connectivity index (χ0) is 29.6. The number of alkyl halides is 3. The number of hydrogen-bond acceptors (Lipinski definition) is 8. The molecule has 2 heterocycles. The highest BCUT2D eigenvalue weighted by Gasteiger charge is 2.30. The smallest absolute Gasteiger partial charge is 0.416 e. The lowest BCUT2D eigenvalue weighted by Gasteiger charge is -2.17. The van der Waals surface area contributed by atoms with Gasteiger partial charge in [0, 0.05) is 24.4 Å². The molecule has 4 N–H and O–H groups in total. The molecule has 9 nitrogen and oxygen atoms in total. The maximum absolute atomic E-state index is 13.0. The van der Waals surface area contributed by atoms with Crippen LogP contribution in [0.3, 0.4) is 0 Å². The number of rotatable bonds is 10. The summed E-state index contributed by atoms with van der Waals surface area (Å²) in [6.45, 7) is 4.43. The molecule has 3 aromatic rings. The summed E-state index contributed by atoms with van der Waals surface area (Å²) in [6, 6.07) is 9.23. The van der Waals surface area contributed by atoms with Gasteiger partial charge in [-0.3, -0.25) is 4.79 Å². The number of carbonyl (C=O) groups excluding carboxylic acids is 1. The van der Waals surface area contributed by atoms with Crippen molar-refractivity contribution in [3.05, 3.63) is 70.5 Å². The van der Waals surface area contributed by atoms with E-state index in [-0.39, 0.29) is 54.6 Å². The molecular formula is C28H30Cl2F3N5O4. The van der Waals surface area contributed by atoms with E-state index in [0.29, 0.717) is 41.4 Å².